The number of hydrogen-bond donors (Lipinski definition) is 3. The molecule has 5 rings (SSSR count). The number of para-hydroxylation sites is 1. The highest BCUT2D eigenvalue weighted by Crippen LogP contribution is 2.42. The zero-order valence-electron chi connectivity index (χ0n) is 16.7. The Bertz CT molecular complexity index is 1360. The van der Waals surface area contributed by atoms with Crippen LogP contribution in [0.5, 0.6) is 17.2 Å². The van der Waals surface area contributed by atoms with Gasteiger partial charge in [0.2, 0.25) is 0 Å². The molecule has 0 aliphatic rings. The second-order valence-electron chi connectivity index (χ2n) is 7.21. The molecule has 1 unspecified atom stereocenters. The molecule has 5 nitrogen and oxygen atoms in total. The average Bonchev–Trinajstić information content (AvgIpc) is 3.21. The smallest absolute Gasteiger partial charge is 0.184 e. The molecule has 5 aromatic rings. The molecule has 0 spiro atoms. The number of benzene rings is 4. The van der Waals surface area contributed by atoms with Crippen molar-refractivity contribution in [2.45, 2.75) is 6.04 Å². The first-order valence-electron chi connectivity index (χ1n) is 9.83. The van der Waals surface area contributed by atoms with E-state index in [4.69, 9.17) is 9.72 Å². The van der Waals surface area contributed by atoms with E-state index in [0.717, 1.165) is 21.0 Å². The highest BCUT2D eigenvalue weighted by Gasteiger charge is 2.25. The van der Waals surface area contributed by atoms with E-state index in [1.807, 2.05) is 54.6 Å². The summed E-state index contributed by atoms with van der Waals surface area (Å²) in [7, 11) is 1.58. The molecule has 1 aromatic heterocycles. The molecule has 0 radical (unpaired) electrons. The Morgan fingerprint density at radius 1 is 0.903 bits per heavy atom. The third-order valence-electron chi connectivity index (χ3n) is 5.34. The summed E-state index contributed by atoms with van der Waals surface area (Å²) in [6.45, 7) is 0. The number of nitrogens with zero attached hydrogens (tertiary/aromatic N) is 1. The summed E-state index contributed by atoms with van der Waals surface area (Å²) in [4.78, 5) is 4.70. The molecule has 3 N–H and O–H groups in total. The maximum atomic E-state index is 10.9. The Morgan fingerprint density at radius 3 is 2.52 bits per heavy atom. The predicted octanol–water partition coefficient (Wildman–Crippen LogP) is 6.07. The summed E-state index contributed by atoms with van der Waals surface area (Å²) in [5, 5.41) is 27.7. The lowest BCUT2D eigenvalue weighted by Gasteiger charge is -2.23. The Morgan fingerprint density at radius 2 is 1.68 bits per heavy atom. The minimum Gasteiger partial charge on any atom is -0.508 e. The van der Waals surface area contributed by atoms with Gasteiger partial charge in [0.15, 0.2) is 5.13 Å². The Kier molecular flexibility index (Phi) is 4.84. The lowest BCUT2D eigenvalue weighted by Crippen LogP contribution is -2.13. The van der Waals surface area contributed by atoms with Crippen molar-refractivity contribution >= 4 is 37.5 Å². The fraction of sp³-hybridized carbons (Fsp3) is 0.0800. The molecule has 1 heterocycles. The number of methoxy groups -OCH3 is 1. The van der Waals surface area contributed by atoms with Gasteiger partial charge in [-0.05, 0) is 47.2 Å². The maximum absolute atomic E-state index is 10.9. The normalized spacial score (nSPS) is 12.2. The van der Waals surface area contributed by atoms with E-state index < -0.39 is 6.04 Å². The first-order valence-corrected chi connectivity index (χ1v) is 10.7. The summed E-state index contributed by atoms with van der Waals surface area (Å²) in [5.41, 5.74) is 2.15. The van der Waals surface area contributed by atoms with Gasteiger partial charge in [-0.2, -0.15) is 0 Å². The Hall–Kier alpha value is -3.77. The van der Waals surface area contributed by atoms with Crippen molar-refractivity contribution in [1.82, 2.24) is 4.98 Å². The number of hydrogen-bond acceptors (Lipinski definition) is 6. The van der Waals surface area contributed by atoms with E-state index in [1.165, 1.54) is 11.3 Å². The third-order valence-corrected chi connectivity index (χ3v) is 6.31. The zero-order chi connectivity index (χ0) is 21.4. The molecule has 0 fully saturated rings. The van der Waals surface area contributed by atoms with Crippen LogP contribution in [-0.2, 0) is 0 Å². The van der Waals surface area contributed by atoms with Gasteiger partial charge in [-0.3, -0.25) is 0 Å². The molecule has 154 valence electrons. The van der Waals surface area contributed by atoms with E-state index in [9.17, 15) is 10.2 Å². The summed E-state index contributed by atoms with van der Waals surface area (Å²) in [6.07, 6.45) is 0. The van der Waals surface area contributed by atoms with Crippen LogP contribution in [0, 0.1) is 0 Å². The predicted molar refractivity (Wildman–Crippen MR) is 125 cm³/mol. The number of rotatable bonds is 5. The first-order chi connectivity index (χ1) is 15.1. The Balaban J connectivity index is 1.73. The van der Waals surface area contributed by atoms with Crippen molar-refractivity contribution in [2.75, 3.05) is 12.4 Å². The molecule has 0 amide bonds. The van der Waals surface area contributed by atoms with Crippen LogP contribution in [0.1, 0.15) is 17.2 Å². The van der Waals surface area contributed by atoms with Gasteiger partial charge < -0.3 is 20.3 Å². The molecule has 0 saturated carbocycles. The van der Waals surface area contributed by atoms with Gasteiger partial charge in [-0.25, -0.2) is 4.98 Å². The number of fused-ring (bicyclic) bond motifs is 2. The van der Waals surface area contributed by atoms with Crippen LogP contribution in [-0.4, -0.2) is 22.3 Å². The van der Waals surface area contributed by atoms with Crippen LogP contribution in [0.2, 0.25) is 0 Å². The molecule has 0 aliphatic heterocycles. The van der Waals surface area contributed by atoms with Crippen LogP contribution in [0.4, 0.5) is 5.13 Å². The van der Waals surface area contributed by atoms with Crippen molar-refractivity contribution in [3.63, 3.8) is 0 Å². The molecule has 0 saturated heterocycles. The van der Waals surface area contributed by atoms with Gasteiger partial charge in [-0.15, -0.1) is 0 Å². The number of nitrogens with one attached hydrogen (secondary N) is 1. The molecule has 31 heavy (non-hydrogen) atoms. The van der Waals surface area contributed by atoms with Crippen molar-refractivity contribution in [3.8, 4) is 17.2 Å². The van der Waals surface area contributed by atoms with Crippen LogP contribution in [0.15, 0.2) is 78.9 Å². The largest absolute Gasteiger partial charge is 0.508 e. The lowest BCUT2D eigenvalue weighted by molar-refractivity contribution is 0.410. The van der Waals surface area contributed by atoms with E-state index in [1.54, 1.807) is 31.4 Å². The number of thiazole rings is 1. The van der Waals surface area contributed by atoms with E-state index in [-0.39, 0.29) is 11.5 Å². The van der Waals surface area contributed by atoms with Gasteiger partial charge in [0.25, 0.3) is 0 Å². The minimum absolute atomic E-state index is 0.103. The summed E-state index contributed by atoms with van der Waals surface area (Å²) in [5.74, 6) is 0.856. The molecule has 0 bridgehead atoms. The lowest BCUT2D eigenvalue weighted by atomic mass is 9.92. The summed E-state index contributed by atoms with van der Waals surface area (Å²) in [6, 6.07) is 23.9. The molecule has 0 aliphatic carbocycles. The van der Waals surface area contributed by atoms with E-state index >= 15 is 0 Å². The van der Waals surface area contributed by atoms with Crippen LogP contribution >= 0.6 is 11.3 Å². The standard InChI is InChI=1S/C25H20N2O3S/c1-30-16-11-13-20(28)18(14-16)24(27-25-26-19-8-4-5-9-22(19)31-25)23-17-7-3-2-6-15(17)10-12-21(23)29/h2-14,24,28-29H,1H3,(H,26,27). The molecule has 4 aromatic carbocycles. The summed E-state index contributed by atoms with van der Waals surface area (Å²) >= 11 is 1.53. The molecule has 6 heteroatoms. The highest BCUT2D eigenvalue weighted by molar-refractivity contribution is 7.22. The number of anilines is 1. The quantitative estimate of drug-likeness (QED) is 0.317. The zero-order valence-corrected chi connectivity index (χ0v) is 17.6. The number of aromatic hydroxyl groups is 2. The second kappa shape index (κ2) is 7.81. The van der Waals surface area contributed by atoms with Gasteiger partial charge in [0, 0.05) is 11.1 Å². The minimum atomic E-state index is -0.554. The highest BCUT2D eigenvalue weighted by atomic mass is 32.1. The third kappa shape index (κ3) is 3.51. The van der Waals surface area contributed by atoms with E-state index in [2.05, 4.69) is 5.32 Å². The number of phenols is 2. The molecular weight excluding hydrogens is 408 g/mol. The van der Waals surface area contributed by atoms with Crippen LogP contribution in [0.25, 0.3) is 21.0 Å². The van der Waals surface area contributed by atoms with Gasteiger partial charge >= 0.3 is 0 Å². The van der Waals surface area contributed by atoms with Crippen LogP contribution < -0.4 is 10.1 Å². The second-order valence-corrected chi connectivity index (χ2v) is 8.24. The van der Waals surface area contributed by atoms with Crippen molar-refractivity contribution < 1.29 is 14.9 Å². The van der Waals surface area contributed by atoms with Crippen molar-refractivity contribution in [3.05, 3.63) is 90.0 Å². The SMILES string of the molecule is COc1ccc(O)c(C(Nc2nc3ccccc3s2)c2c(O)ccc3ccccc23)c1. The molecular formula is C25H20N2O3S. The van der Waals surface area contributed by atoms with E-state index in [0.29, 0.717) is 22.0 Å². The van der Waals surface area contributed by atoms with Gasteiger partial charge in [0.05, 0.1) is 23.4 Å². The van der Waals surface area contributed by atoms with Gasteiger partial charge in [0.1, 0.15) is 17.2 Å². The maximum Gasteiger partial charge on any atom is 0.184 e. The number of aromatic nitrogens is 1. The Labute approximate surface area is 183 Å². The molecule has 1 atom stereocenters. The fourth-order valence-corrected chi connectivity index (χ4v) is 4.74. The first kappa shape index (κ1) is 19.2. The topological polar surface area (TPSA) is 74.6 Å². The average molecular weight is 429 g/mol. The van der Waals surface area contributed by atoms with Crippen molar-refractivity contribution in [1.29, 1.82) is 0 Å². The monoisotopic (exact) mass is 428 g/mol. The fourth-order valence-electron chi connectivity index (χ4n) is 3.84. The van der Waals surface area contributed by atoms with Gasteiger partial charge in [-0.1, -0.05) is 53.8 Å². The summed E-state index contributed by atoms with van der Waals surface area (Å²) < 4.78 is 6.45. The number of ether oxygens (including phenoxy) is 1. The van der Waals surface area contributed by atoms with Crippen molar-refractivity contribution in [2.24, 2.45) is 0 Å². The van der Waals surface area contributed by atoms with Crippen LogP contribution in [0.3, 0.4) is 0 Å². The number of phenolic OH excluding ortho intramolecular Hbond substituents is 2.